The molecule has 3 aromatic heterocycles. The molecule has 0 aliphatic carbocycles. The maximum atomic E-state index is 13.5. The van der Waals surface area contributed by atoms with E-state index in [9.17, 15) is 8.42 Å². The molecule has 0 saturated carbocycles. The average molecular weight is 502 g/mol. The van der Waals surface area contributed by atoms with Crippen LogP contribution in [0.1, 0.15) is 50.2 Å². The first-order valence-corrected chi connectivity index (χ1v) is 13.3. The lowest BCUT2D eigenvalue weighted by molar-refractivity contribution is 0.0693. The van der Waals surface area contributed by atoms with E-state index in [1.54, 1.807) is 45.5 Å². The second-order valence-electron chi connectivity index (χ2n) is 8.64. The number of sulfone groups is 1. The minimum absolute atomic E-state index is 0.0166. The molecule has 2 atom stereocenters. The summed E-state index contributed by atoms with van der Waals surface area (Å²) in [6.07, 6.45) is 3.08. The number of rotatable bonds is 9. The summed E-state index contributed by atoms with van der Waals surface area (Å²) in [4.78, 5) is 8.88. The maximum absolute atomic E-state index is 13.5. The summed E-state index contributed by atoms with van der Waals surface area (Å²) in [6, 6.07) is 9.00. The lowest BCUT2D eigenvalue weighted by Crippen LogP contribution is -2.28. The summed E-state index contributed by atoms with van der Waals surface area (Å²) in [7, 11) is -0.474. The predicted molar refractivity (Wildman–Crippen MR) is 130 cm³/mol. The second kappa shape index (κ2) is 10.7. The summed E-state index contributed by atoms with van der Waals surface area (Å²) in [6.45, 7) is 4.77. The highest BCUT2D eigenvalue weighted by Gasteiger charge is 2.33. The van der Waals surface area contributed by atoms with Gasteiger partial charge in [0.2, 0.25) is 5.88 Å². The zero-order chi connectivity index (χ0) is 25.0. The first-order chi connectivity index (χ1) is 16.8. The Labute approximate surface area is 205 Å². The van der Waals surface area contributed by atoms with Crippen molar-refractivity contribution in [2.45, 2.75) is 49.7 Å². The van der Waals surface area contributed by atoms with Crippen molar-refractivity contribution in [3.05, 3.63) is 48.0 Å². The molecule has 0 aromatic carbocycles. The van der Waals surface area contributed by atoms with E-state index in [4.69, 9.17) is 14.2 Å². The molecule has 3 aromatic rings. The number of ether oxygens (including phenoxy) is 3. The SMILES string of the molecule is COc1ccc([C@@H](C)[C@H](C)S(=O)(=O)Cc2nnc(-c3cccc(OC)n3)n2C2CCOCC2)nc1. The van der Waals surface area contributed by atoms with Crippen molar-refractivity contribution < 1.29 is 22.6 Å². The van der Waals surface area contributed by atoms with Crippen LogP contribution < -0.4 is 9.47 Å². The average Bonchev–Trinajstić information content (AvgIpc) is 3.31. The van der Waals surface area contributed by atoms with Crippen LogP contribution in [0.3, 0.4) is 0 Å². The molecule has 4 rings (SSSR count). The zero-order valence-electron chi connectivity index (χ0n) is 20.4. The van der Waals surface area contributed by atoms with E-state index in [1.165, 1.54) is 0 Å². The third-order valence-corrected chi connectivity index (χ3v) is 8.75. The first-order valence-electron chi connectivity index (χ1n) is 11.6. The van der Waals surface area contributed by atoms with Gasteiger partial charge in [-0.25, -0.2) is 13.4 Å². The molecule has 0 bridgehead atoms. The normalized spacial score (nSPS) is 16.6. The van der Waals surface area contributed by atoms with E-state index in [1.807, 2.05) is 23.6 Å². The molecule has 0 N–H and O–H groups in total. The molecule has 0 spiro atoms. The van der Waals surface area contributed by atoms with E-state index in [2.05, 4.69) is 20.2 Å². The number of aromatic nitrogens is 5. The van der Waals surface area contributed by atoms with Crippen LogP contribution >= 0.6 is 0 Å². The second-order valence-corrected chi connectivity index (χ2v) is 11.0. The molecular formula is C24H31N5O5S. The molecule has 11 heteroatoms. The number of hydrogen-bond donors (Lipinski definition) is 0. The highest BCUT2D eigenvalue weighted by atomic mass is 32.2. The summed E-state index contributed by atoms with van der Waals surface area (Å²) >= 11 is 0. The Bertz CT molecular complexity index is 1240. The third kappa shape index (κ3) is 5.46. The molecule has 4 heterocycles. The number of pyridine rings is 2. The topological polar surface area (TPSA) is 118 Å². The fourth-order valence-corrected chi connectivity index (χ4v) is 5.80. The molecule has 35 heavy (non-hydrogen) atoms. The van der Waals surface area contributed by atoms with Crippen molar-refractivity contribution in [2.24, 2.45) is 0 Å². The molecule has 1 aliphatic rings. The van der Waals surface area contributed by atoms with Gasteiger partial charge in [0.15, 0.2) is 15.7 Å². The van der Waals surface area contributed by atoms with Gasteiger partial charge in [0, 0.05) is 36.9 Å². The Hall–Kier alpha value is -3.05. The van der Waals surface area contributed by atoms with E-state index in [0.29, 0.717) is 47.9 Å². The maximum Gasteiger partial charge on any atom is 0.213 e. The standard InChI is InChI=1S/C24H31N5O5S/c1-16(20-9-8-19(32-3)14-25-20)17(2)35(30,31)15-22-27-28-24(21-6-5-7-23(26-21)33-4)29(22)18-10-12-34-13-11-18/h5-9,14,16-18H,10-13,15H2,1-4H3/t16-,17-/m0/s1. The van der Waals surface area contributed by atoms with Crippen LogP contribution in [0.2, 0.25) is 0 Å². The number of methoxy groups -OCH3 is 2. The first kappa shape index (κ1) is 25.1. The minimum Gasteiger partial charge on any atom is -0.495 e. The Kier molecular flexibility index (Phi) is 7.66. The summed E-state index contributed by atoms with van der Waals surface area (Å²) in [5.41, 5.74) is 1.27. The monoisotopic (exact) mass is 501 g/mol. The molecule has 188 valence electrons. The van der Waals surface area contributed by atoms with Crippen molar-refractivity contribution in [2.75, 3.05) is 27.4 Å². The van der Waals surface area contributed by atoms with Gasteiger partial charge in [-0.3, -0.25) is 4.98 Å². The van der Waals surface area contributed by atoms with E-state index < -0.39 is 15.1 Å². The van der Waals surface area contributed by atoms with Gasteiger partial charge in [-0.2, -0.15) is 0 Å². The van der Waals surface area contributed by atoms with Crippen LogP contribution in [-0.2, 0) is 20.3 Å². The van der Waals surface area contributed by atoms with Gasteiger partial charge >= 0.3 is 0 Å². The highest BCUT2D eigenvalue weighted by molar-refractivity contribution is 7.91. The van der Waals surface area contributed by atoms with E-state index in [-0.39, 0.29) is 17.7 Å². The molecule has 0 radical (unpaired) electrons. The van der Waals surface area contributed by atoms with Crippen LogP contribution in [-0.4, -0.2) is 65.8 Å². The van der Waals surface area contributed by atoms with Crippen LogP contribution in [0.15, 0.2) is 36.5 Å². The van der Waals surface area contributed by atoms with Gasteiger partial charge in [-0.15, -0.1) is 10.2 Å². The summed E-state index contributed by atoms with van der Waals surface area (Å²) < 4.78 is 44.9. The predicted octanol–water partition coefficient (Wildman–Crippen LogP) is 3.21. The Morgan fingerprint density at radius 3 is 2.51 bits per heavy atom. The quantitative estimate of drug-likeness (QED) is 0.435. The molecule has 0 amide bonds. The van der Waals surface area contributed by atoms with Crippen molar-refractivity contribution >= 4 is 9.84 Å². The Morgan fingerprint density at radius 1 is 1.09 bits per heavy atom. The fraction of sp³-hybridized carbons (Fsp3) is 0.500. The molecule has 1 aliphatic heterocycles. The van der Waals surface area contributed by atoms with Gasteiger partial charge in [0.05, 0.1) is 25.7 Å². The number of hydrogen-bond acceptors (Lipinski definition) is 9. The molecule has 10 nitrogen and oxygen atoms in total. The van der Waals surface area contributed by atoms with E-state index in [0.717, 1.165) is 12.8 Å². The molecule has 1 saturated heterocycles. The van der Waals surface area contributed by atoms with Crippen LogP contribution in [0, 0.1) is 0 Å². The van der Waals surface area contributed by atoms with Crippen LogP contribution in [0.25, 0.3) is 11.5 Å². The van der Waals surface area contributed by atoms with Crippen molar-refractivity contribution in [1.82, 2.24) is 24.7 Å². The third-order valence-electron chi connectivity index (χ3n) is 6.55. The van der Waals surface area contributed by atoms with Crippen LogP contribution in [0.4, 0.5) is 0 Å². The van der Waals surface area contributed by atoms with Crippen molar-refractivity contribution in [3.8, 4) is 23.1 Å². The van der Waals surface area contributed by atoms with Gasteiger partial charge < -0.3 is 18.8 Å². The summed E-state index contributed by atoms with van der Waals surface area (Å²) in [5, 5.41) is 8.01. The Balaban J connectivity index is 1.65. The number of nitrogens with zero attached hydrogens (tertiary/aromatic N) is 5. The molecule has 1 fully saturated rings. The van der Waals surface area contributed by atoms with E-state index >= 15 is 0 Å². The largest absolute Gasteiger partial charge is 0.495 e. The Morgan fingerprint density at radius 2 is 1.86 bits per heavy atom. The summed E-state index contributed by atoms with van der Waals surface area (Å²) in [5.74, 6) is 1.46. The van der Waals surface area contributed by atoms with Gasteiger partial charge in [0.1, 0.15) is 23.0 Å². The lowest BCUT2D eigenvalue weighted by atomic mass is 10.0. The smallest absolute Gasteiger partial charge is 0.213 e. The minimum atomic E-state index is -3.59. The van der Waals surface area contributed by atoms with Crippen molar-refractivity contribution in [3.63, 3.8) is 0 Å². The van der Waals surface area contributed by atoms with Gasteiger partial charge in [-0.05, 0) is 38.0 Å². The highest BCUT2D eigenvalue weighted by Crippen LogP contribution is 2.31. The molecule has 0 unspecified atom stereocenters. The fourth-order valence-electron chi connectivity index (χ4n) is 4.22. The van der Waals surface area contributed by atoms with Gasteiger partial charge in [-0.1, -0.05) is 13.0 Å². The van der Waals surface area contributed by atoms with Gasteiger partial charge in [0.25, 0.3) is 0 Å². The zero-order valence-corrected chi connectivity index (χ0v) is 21.2. The lowest BCUT2D eigenvalue weighted by Gasteiger charge is -2.26. The van der Waals surface area contributed by atoms with Crippen molar-refractivity contribution in [1.29, 1.82) is 0 Å². The molecular weight excluding hydrogens is 470 g/mol. The van der Waals surface area contributed by atoms with Crippen LogP contribution in [0.5, 0.6) is 11.6 Å².